The maximum atomic E-state index is 12.1. The second-order valence-corrected chi connectivity index (χ2v) is 5.55. The van der Waals surface area contributed by atoms with Gasteiger partial charge in [0.2, 0.25) is 0 Å². The number of nitrogens with zero attached hydrogens (tertiary/aromatic N) is 2. The fraction of sp³-hybridized carbons (Fsp3) is 0.533. The number of fused-ring (bicyclic) bond motifs is 1. The number of carbonyl (C=O) groups excluding carboxylic acids is 1. The molecule has 3 rings (SSSR count). The first kappa shape index (κ1) is 13.1. The van der Waals surface area contributed by atoms with Gasteiger partial charge in [0.05, 0.1) is 12.6 Å². The van der Waals surface area contributed by atoms with E-state index in [9.17, 15) is 4.79 Å². The molecule has 106 valence electrons. The van der Waals surface area contributed by atoms with E-state index in [1.54, 1.807) is 6.20 Å². The van der Waals surface area contributed by atoms with Gasteiger partial charge >= 0.3 is 5.97 Å². The number of hydrogen-bond acceptors (Lipinski definition) is 4. The number of imidazole rings is 1. The molecule has 0 saturated heterocycles. The van der Waals surface area contributed by atoms with Crippen LogP contribution >= 0.6 is 0 Å². The van der Waals surface area contributed by atoms with Gasteiger partial charge in [0.25, 0.3) is 0 Å². The van der Waals surface area contributed by atoms with Crippen LogP contribution in [-0.2, 0) is 9.53 Å². The molecule has 1 aliphatic carbocycles. The van der Waals surface area contributed by atoms with E-state index in [0.717, 1.165) is 23.9 Å². The van der Waals surface area contributed by atoms with E-state index in [4.69, 9.17) is 4.74 Å². The Hall–Kier alpha value is -1.91. The van der Waals surface area contributed by atoms with Crippen molar-refractivity contribution in [3.63, 3.8) is 0 Å². The number of hydrogen-bond donors (Lipinski definition) is 1. The minimum Gasteiger partial charge on any atom is -0.468 e. The third-order valence-corrected chi connectivity index (χ3v) is 4.11. The highest BCUT2D eigenvalue weighted by atomic mass is 16.5. The summed E-state index contributed by atoms with van der Waals surface area (Å²) in [5, 5.41) is 0. The maximum Gasteiger partial charge on any atom is 0.316 e. The molecule has 2 aromatic heterocycles. The number of methoxy groups -OCH3 is 1. The summed E-state index contributed by atoms with van der Waals surface area (Å²) in [5.41, 5.74) is 2.62. The van der Waals surface area contributed by atoms with Gasteiger partial charge in [0.1, 0.15) is 11.7 Å². The second-order valence-electron chi connectivity index (χ2n) is 5.55. The van der Waals surface area contributed by atoms with E-state index in [0.29, 0.717) is 17.4 Å². The Balaban J connectivity index is 2.01. The van der Waals surface area contributed by atoms with Crippen molar-refractivity contribution in [3.8, 4) is 0 Å². The lowest BCUT2D eigenvalue weighted by atomic mass is 9.90. The standard InChI is InChI=1S/C15H19N3O2/c1-9-7-11-13(16-8-9)18-14(17-11)12(15(19)20-2)10-5-3-4-6-10/h7-8,10,12H,3-6H2,1-2H3,(H,16,17,18). The highest BCUT2D eigenvalue weighted by Gasteiger charge is 2.35. The van der Waals surface area contributed by atoms with E-state index >= 15 is 0 Å². The molecule has 5 nitrogen and oxygen atoms in total. The molecule has 0 spiro atoms. The van der Waals surface area contributed by atoms with Gasteiger partial charge in [-0.1, -0.05) is 12.8 Å². The van der Waals surface area contributed by atoms with Gasteiger partial charge in [-0.2, -0.15) is 0 Å². The highest BCUT2D eigenvalue weighted by molar-refractivity contribution is 5.79. The van der Waals surface area contributed by atoms with Crippen LogP contribution in [0.2, 0.25) is 0 Å². The van der Waals surface area contributed by atoms with E-state index in [-0.39, 0.29) is 11.9 Å². The molecule has 0 amide bonds. The summed E-state index contributed by atoms with van der Waals surface area (Å²) < 4.78 is 4.98. The number of aromatic nitrogens is 3. The topological polar surface area (TPSA) is 67.9 Å². The Morgan fingerprint density at radius 3 is 2.90 bits per heavy atom. The lowest BCUT2D eigenvalue weighted by Crippen LogP contribution is -2.22. The first-order valence-electron chi connectivity index (χ1n) is 7.09. The first-order valence-corrected chi connectivity index (χ1v) is 7.09. The molecule has 2 heterocycles. The Morgan fingerprint density at radius 2 is 2.20 bits per heavy atom. The summed E-state index contributed by atoms with van der Waals surface area (Å²) in [5.74, 6) is 0.519. The van der Waals surface area contributed by atoms with Crippen LogP contribution in [0.4, 0.5) is 0 Å². The quantitative estimate of drug-likeness (QED) is 0.873. The van der Waals surface area contributed by atoms with Crippen molar-refractivity contribution in [3.05, 3.63) is 23.7 Å². The van der Waals surface area contributed by atoms with E-state index in [2.05, 4.69) is 15.0 Å². The van der Waals surface area contributed by atoms with Gasteiger partial charge in [0.15, 0.2) is 5.65 Å². The van der Waals surface area contributed by atoms with Crippen LogP contribution in [0.3, 0.4) is 0 Å². The number of nitrogens with one attached hydrogen (secondary N) is 1. The zero-order valence-corrected chi connectivity index (χ0v) is 11.8. The Labute approximate surface area is 117 Å². The summed E-state index contributed by atoms with van der Waals surface area (Å²) >= 11 is 0. The molecule has 2 aromatic rings. The van der Waals surface area contributed by atoms with E-state index < -0.39 is 0 Å². The molecule has 1 aliphatic rings. The van der Waals surface area contributed by atoms with Crippen molar-refractivity contribution in [1.29, 1.82) is 0 Å². The molecule has 1 unspecified atom stereocenters. The van der Waals surface area contributed by atoms with Crippen LogP contribution in [-0.4, -0.2) is 28.0 Å². The summed E-state index contributed by atoms with van der Waals surface area (Å²) in [4.78, 5) is 24.2. The predicted molar refractivity (Wildman–Crippen MR) is 75.3 cm³/mol. The number of rotatable bonds is 3. The molecular formula is C15H19N3O2. The predicted octanol–water partition coefficient (Wildman–Crippen LogP) is 2.71. The van der Waals surface area contributed by atoms with Crippen LogP contribution in [0, 0.1) is 12.8 Å². The number of ether oxygens (including phenoxy) is 1. The maximum absolute atomic E-state index is 12.1. The van der Waals surface area contributed by atoms with Gasteiger partial charge in [-0.3, -0.25) is 4.79 Å². The summed E-state index contributed by atoms with van der Waals surface area (Å²) in [6.07, 6.45) is 6.26. The SMILES string of the molecule is COC(=O)C(c1nc2ncc(C)cc2[nH]1)C1CCCC1. The lowest BCUT2D eigenvalue weighted by Gasteiger charge is -2.18. The second kappa shape index (κ2) is 5.23. The van der Waals surface area contributed by atoms with Crippen molar-refractivity contribution in [2.24, 2.45) is 5.92 Å². The monoisotopic (exact) mass is 273 g/mol. The van der Waals surface area contributed by atoms with Crippen molar-refractivity contribution in [2.75, 3.05) is 7.11 Å². The summed E-state index contributed by atoms with van der Waals surface area (Å²) in [7, 11) is 1.44. The number of aromatic amines is 1. The number of carbonyl (C=O) groups is 1. The van der Waals surface area contributed by atoms with Gasteiger partial charge in [-0.05, 0) is 37.3 Å². The summed E-state index contributed by atoms with van der Waals surface area (Å²) in [6.45, 7) is 1.99. The molecule has 20 heavy (non-hydrogen) atoms. The van der Waals surface area contributed by atoms with Crippen LogP contribution < -0.4 is 0 Å². The van der Waals surface area contributed by atoms with Gasteiger partial charge in [-0.25, -0.2) is 9.97 Å². The molecule has 1 atom stereocenters. The van der Waals surface area contributed by atoms with Crippen molar-refractivity contribution < 1.29 is 9.53 Å². The Kier molecular flexibility index (Phi) is 3.42. The molecular weight excluding hydrogens is 254 g/mol. The average molecular weight is 273 g/mol. The fourth-order valence-corrected chi connectivity index (χ4v) is 3.12. The number of esters is 1. The van der Waals surface area contributed by atoms with Crippen molar-refractivity contribution >= 4 is 17.1 Å². The molecule has 1 N–H and O–H groups in total. The molecule has 0 radical (unpaired) electrons. The van der Waals surface area contributed by atoms with Crippen LogP contribution in [0.5, 0.6) is 0 Å². The zero-order valence-electron chi connectivity index (χ0n) is 11.8. The molecule has 5 heteroatoms. The van der Waals surface area contributed by atoms with Gasteiger partial charge in [0, 0.05) is 6.20 Å². The zero-order chi connectivity index (χ0) is 14.1. The smallest absolute Gasteiger partial charge is 0.316 e. The van der Waals surface area contributed by atoms with E-state index in [1.807, 2.05) is 13.0 Å². The molecule has 1 fully saturated rings. The van der Waals surface area contributed by atoms with Crippen molar-refractivity contribution in [2.45, 2.75) is 38.5 Å². The number of aryl methyl sites for hydroxylation is 1. The third kappa shape index (κ3) is 2.28. The van der Waals surface area contributed by atoms with Gasteiger partial charge in [-0.15, -0.1) is 0 Å². The van der Waals surface area contributed by atoms with E-state index in [1.165, 1.54) is 20.0 Å². The normalized spacial score (nSPS) is 17.5. The van der Waals surface area contributed by atoms with Gasteiger partial charge < -0.3 is 9.72 Å². The molecule has 0 bridgehead atoms. The number of H-pyrrole nitrogens is 1. The number of pyridine rings is 1. The minimum atomic E-state index is -0.294. The first-order chi connectivity index (χ1) is 9.69. The van der Waals surface area contributed by atoms with Crippen LogP contribution in [0.1, 0.15) is 43.0 Å². The summed E-state index contributed by atoms with van der Waals surface area (Å²) in [6, 6.07) is 2.00. The lowest BCUT2D eigenvalue weighted by molar-refractivity contribution is -0.144. The van der Waals surface area contributed by atoms with Crippen molar-refractivity contribution in [1.82, 2.24) is 15.0 Å². The largest absolute Gasteiger partial charge is 0.468 e. The molecule has 0 aromatic carbocycles. The van der Waals surface area contributed by atoms with Crippen LogP contribution in [0.25, 0.3) is 11.2 Å². The average Bonchev–Trinajstić information content (AvgIpc) is 3.07. The Morgan fingerprint density at radius 1 is 1.45 bits per heavy atom. The minimum absolute atomic E-state index is 0.201. The highest BCUT2D eigenvalue weighted by Crippen LogP contribution is 2.37. The Bertz CT molecular complexity index is 629. The fourth-order valence-electron chi connectivity index (χ4n) is 3.12. The molecule has 1 saturated carbocycles. The molecule has 0 aliphatic heterocycles. The third-order valence-electron chi connectivity index (χ3n) is 4.11. The van der Waals surface area contributed by atoms with Crippen LogP contribution in [0.15, 0.2) is 12.3 Å².